The second-order valence-corrected chi connectivity index (χ2v) is 6.11. The molecule has 0 aliphatic heterocycles. The molecule has 0 fully saturated rings. The van der Waals surface area contributed by atoms with Crippen LogP contribution in [0, 0.1) is 6.92 Å². The van der Waals surface area contributed by atoms with Gasteiger partial charge in [-0.3, -0.25) is 4.79 Å². The first kappa shape index (κ1) is 15.6. The van der Waals surface area contributed by atoms with E-state index in [0.29, 0.717) is 34.0 Å². The number of hydrogen-bond acceptors (Lipinski definition) is 6. The van der Waals surface area contributed by atoms with Crippen LogP contribution >= 0.6 is 22.9 Å². The summed E-state index contributed by atoms with van der Waals surface area (Å²) in [6.07, 6.45) is 0.726. The van der Waals surface area contributed by atoms with E-state index >= 15 is 0 Å². The smallest absolute Gasteiger partial charge is 0.280 e. The van der Waals surface area contributed by atoms with Gasteiger partial charge in [-0.1, -0.05) is 28.9 Å². The van der Waals surface area contributed by atoms with Gasteiger partial charge in [-0.15, -0.1) is 11.3 Å². The molecule has 0 aliphatic rings. The highest BCUT2D eigenvalue weighted by Gasteiger charge is 2.15. The number of nitrogens with zero attached hydrogens (tertiary/aromatic N) is 3. The Bertz CT molecular complexity index is 813. The van der Waals surface area contributed by atoms with Crippen molar-refractivity contribution in [2.75, 3.05) is 6.54 Å². The first-order valence-electron chi connectivity index (χ1n) is 6.90. The number of halogens is 1. The van der Waals surface area contributed by atoms with Gasteiger partial charge in [0.1, 0.15) is 5.69 Å². The second kappa shape index (κ2) is 6.89. The summed E-state index contributed by atoms with van der Waals surface area (Å²) in [7, 11) is 0. The summed E-state index contributed by atoms with van der Waals surface area (Å²) in [5, 5.41) is 9.34. The zero-order valence-corrected chi connectivity index (χ0v) is 13.8. The highest BCUT2D eigenvalue weighted by molar-refractivity contribution is 7.12. The maximum atomic E-state index is 12.1. The number of carbonyl (C=O) groups is 1. The number of nitrogens with one attached hydrogen (secondary N) is 1. The third-order valence-corrected chi connectivity index (χ3v) is 4.15. The lowest BCUT2D eigenvalue weighted by Crippen LogP contribution is -2.25. The molecular weight excluding hydrogens is 336 g/mol. The van der Waals surface area contributed by atoms with E-state index in [1.165, 1.54) is 11.3 Å². The fourth-order valence-electron chi connectivity index (χ4n) is 1.92. The van der Waals surface area contributed by atoms with Crippen molar-refractivity contribution >= 4 is 28.8 Å². The summed E-state index contributed by atoms with van der Waals surface area (Å²) in [4.78, 5) is 20.4. The standard InChI is InChI=1S/C15H13ClN4O2S/c1-9-18-14(22-20-9)12-8-23-15(19-12)13(21)17-7-6-10-2-4-11(16)5-3-10/h2-5,8H,6-7H2,1H3,(H,17,21). The van der Waals surface area contributed by atoms with Crippen molar-refractivity contribution in [2.45, 2.75) is 13.3 Å². The molecule has 0 atom stereocenters. The van der Waals surface area contributed by atoms with Crippen LogP contribution in [0.3, 0.4) is 0 Å². The average Bonchev–Trinajstić information content (AvgIpc) is 3.18. The van der Waals surface area contributed by atoms with Crippen LogP contribution in [-0.2, 0) is 6.42 Å². The molecule has 2 aromatic heterocycles. The summed E-state index contributed by atoms with van der Waals surface area (Å²) in [5.74, 6) is 0.632. The van der Waals surface area contributed by atoms with Gasteiger partial charge in [0.25, 0.3) is 11.8 Å². The Morgan fingerprint density at radius 3 is 2.78 bits per heavy atom. The summed E-state index contributed by atoms with van der Waals surface area (Å²) in [6.45, 7) is 2.25. The van der Waals surface area contributed by atoms with Crippen molar-refractivity contribution < 1.29 is 9.32 Å². The predicted molar refractivity (Wildman–Crippen MR) is 87.6 cm³/mol. The number of carbonyl (C=O) groups excluding carboxylic acids is 1. The predicted octanol–water partition coefficient (Wildman–Crippen LogP) is 3.13. The number of aromatic nitrogens is 3. The molecule has 1 amide bonds. The Hall–Kier alpha value is -2.25. The summed E-state index contributed by atoms with van der Waals surface area (Å²) < 4.78 is 5.03. The summed E-state index contributed by atoms with van der Waals surface area (Å²) in [5.41, 5.74) is 1.62. The minimum absolute atomic E-state index is 0.216. The highest BCUT2D eigenvalue weighted by atomic mass is 35.5. The number of hydrogen-bond donors (Lipinski definition) is 1. The SMILES string of the molecule is Cc1noc(-c2csc(C(=O)NCCc3ccc(Cl)cc3)n2)n1. The zero-order chi connectivity index (χ0) is 16.2. The second-order valence-electron chi connectivity index (χ2n) is 4.82. The summed E-state index contributed by atoms with van der Waals surface area (Å²) in [6, 6.07) is 7.54. The van der Waals surface area contributed by atoms with E-state index in [0.717, 1.165) is 12.0 Å². The number of aryl methyl sites for hydroxylation is 1. The van der Waals surface area contributed by atoms with E-state index in [2.05, 4.69) is 20.4 Å². The van der Waals surface area contributed by atoms with Crippen LogP contribution in [0.2, 0.25) is 5.02 Å². The quantitative estimate of drug-likeness (QED) is 0.766. The van der Waals surface area contributed by atoms with Crippen molar-refractivity contribution in [3.05, 3.63) is 51.1 Å². The Labute approximate surface area is 141 Å². The molecule has 3 aromatic rings. The molecule has 118 valence electrons. The van der Waals surface area contributed by atoms with Crippen molar-refractivity contribution in [1.82, 2.24) is 20.4 Å². The topological polar surface area (TPSA) is 80.9 Å². The van der Waals surface area contributed by atoms with Gasteiger partial charge in [-0.25, -0.2) is 4.98 Å². The molecule has 6 nitrogen and oxygen atoms in total. The lowest BCUT2D eigenvalue weighted by molar-refractivity contribution is 0.0954. The number of rotatable bonds is 5. The van der Waals surface area contributed by atoms with Crippen LogP contribution in [-0.4, -0.2) is 27.6 Å². The monoisotopic (exact) mass is 348 g/mol. The molecule has 3 rings (SSSR count). The van der Waals surface area contributed by atoms with E-state index < -0.39 is 0 Å². The third-order valence-electron chi connectivity index (χ3n) is 3.06. The van der Waals surface area contributed by atoms with Crippen molar-refractivity contribution in [2.24, 2.45) is 0 Å². The maximum absolute atomic E-state index is 12.1. The number of thiazole rings is 1. The van der Waals surface area contributed by atoms with Gasteiger partial charge >= 0.3 is 0 Å². The molecule has 8 heteroatoms. The van der Waals surface area contributed by atoms with Crippen LogP contribution in [0.15, 0.2) is 34.2 Å². The molecule has 23 heavy (non-hydrogen) atoms. The minimum Gasteiger partial charge on any atom is -0.350 e. The average molecular weight is 349 g/mol. The normalized spacial score (nSPS) is 10.7. The van der Waals surface area contributed by atoms with Gasteiger partial charge in [0.05, 0.1) is 0 Å². The fraction of sp³-hybridized carbons (Fsp3) is 0.200. The zero-order valence-electron chi connectivity index (χ0n) is 12.2. The van der Waals surface area contributed by atoms with Crippen molar-refractivity contribution in [1.29, 1.82) is 0 Å². The molecule has 0 aliphatic carbocycles. The first-order chi connectivity index (χ1) is 11.1. The van der Waals surface area contributed by atoms with Gasteiger partial charge in [-0.05, 0) is 31.0 Å². The van der Waals surface area contributed by atoms with E-state index in [9.17, 15) is 4.79 Å². The molecule has 2 heterocycles. The summed E-state index contributed by atoms with van der Waals surface area (Å²) >= 11 is 7.08. The molecule has 0 saturated heterocycles. The van der Waals surface area contributed by atoms with Crippen LogP contribution in [0.25, 0.3) is 11.6 Å². The van der Waals surface area contributed by atoms with Crippen LogP contribution < -0.4 is 5.32 Å². The first-order valence-corrected chi connectivity index (χ1v) is 8.16. The van der Waals surface area contributed by atoms with Crippen LogP contribution in [0.5, 0.6) is 0 Å². The minimum atomic E-state index is -0.216. The van der Waals surface area contributed by atoms with E-state index in [1.807, 2.05) is 24.3 Å². The van der Waals surface area contributed by atoms with Gasteiger partial charge in [0, 0.05) is 16.9 Å². The largest absolute Gasteiger partial charge is 0.350 e. The Morgan fingerprint density at radius 2 is 2.09 bits per heavy atom. The van der Waals surface area contributed by atoms with E-state index in [-0.39, 0.29) is 5.91 Å². The lowest BCUT2D eigenvalue weighted by atomic mass is 10.1. The molecule has 0 bridgehead atoms. The lowest BCUT2D eigenvalue weighted by Gasteiger charge is -2.03. The number of amides is 1. The van der Waals surface area contributed by atoms with E-state index in [1.54, 1.807) is 12.3 Å². The molecule has 1 N–H and O–H groups in total. The van der Waals surface area contributed by atoms with Crippen LogP contribution in [0.1, 0.15) is 21.2 Å². The maximum Gasteiger partial charge on any atom is 0.280 e. The molecular formula is C15H13ClN4O2S. The van der Waals surface area contributed by atoms with Gasteiger partial charge in [0.2, 0.25) is 0 Å². The molecule has 0 spiro atoms. The van der Waals surface area contributed by atoms with Gasteiger partial charge < -0.3 is 9.84 Å². The third kappa shape index (κ3) is 3.94. The van der Waals surface area contributed by atoms with Crippen molar-refractivity contribution in [3.8, 4) is 11.6 Å². The van der Waals surface area contributed by atoms with E-state index in [4.69, 9.17) is 16.1 Å². The Kier molecular flexibility index (Phi) is 4.68. The Morgan fingerprint density at radius 1 is 1.30 bits per heavy atom. The number of benzene rings is 1. The van der Waals surface area contributed by atoms with Gasteiger partial charge in [0.15, 0.2) is 10.8 Å². The molecule has 0 saturated carbocycles. The Balaban J connectivity index is 1.56. The molecule has 1 aromatic carbocycles. The molecule has 0 unspecified atom stereocenters. The van der Waals surface area contributed by atoms with Crippen LogP contribution in [0.4, 0.5) is 0 Å². The molecule has 0 radical (unpaired) electrons. The van der Waals surface area contributed by atoms with Crippen molar-refractivity contribution in [3.63, 3.8) is 0 Å². The fourth-order valence-corrected chi connectivity index (χ4v) is 2.76. The van der Waals surface area contributed by atoms with Gasteiger partial charge in [-0.2, -0.15) is 4.98 Å². The highest BCUT2D eigenvalue weighted by Crippen LogP contribution is 2.20.